The topological polar surface area (TPSA) is 91.4 Å². The molecule has 4 N–H and O–H groups in total. The number of alkyl halides is 2. The molecule has 2 aliphatic carbocycles. The van der Waals surface area contributed by atoms with E-state index in [1.807, 2.05) is 32.3 Å². The van der Waals surface area contributed by atoms with Crippen molar-refractivity contribution in [1.29, 1.82) is 5.41 Å². The second kappa shape index (κ2) is 12.4. The van der Waals surface area contributed by atoms with Crippen LogP contribution in [0.2, 0.25) is 0 Å². The van der Waals surface area contributed by atoms with Gasteiger partial charge in [0, 0.05) is 61.5 Å². The van der Waals surface area contributed by atoms with E-state index < -0.39 is 5.92 Å². The van der Waals surface area contributed by atoms with E-state index in [2.05, 4.69) is 5.32 Å². The van der Waals surface area contributed by atoms with Gasteiger partial charge in [-0.15, -0.1) is 0 Å². The predicted octanol–water partition coefficient (Wildman–Crippen LogP) is 4.56. The Morgan fingerprint density at radius 1 is 1.15 bits per heavy atom. The van der Waals surface area contributed by atoms with Crippen molar-refractivity contribution in [3.8, 4) is 0 Å². The number of hydrogen-bond acceptors (Lipinski definition) is 5. The van der Waals surface area contributed by atoms with Gasteiger partial charge < -0.3 is 26.1 Å². The van der Waals surface area contributed by atoms with E-state index in [1.165, 1.54) is 0 Å². The monoisotopic (exact) mass is 466 g/mol. The number of ether oxygens (including phenoxy) is 1. The number of likely N-dealkylation sites (tertiary alicyclic amines) is 1. The van der Waals surface area contributed by atoms with Gasteiger partial charge in [-0.2, -0.15) is 0 Å². The molecular weight excluding hydrogens is 426 g/mol. The molecule has 3 aliphatic rings. The molecule has 0 aromatic heterocycles. The molecule has 33 heavy (non-hydrogen) atoms. The SMILES string of the molecule is CNC.COC1(c2cccc(C(=N)C3CCN(C=O)CC3)c2N)CC1.FC1(F)CCCCC1. The fourth-order valence-corrected chi connectivity index (χ4v) is 4.48. The van der Waals surface area contributed by atoms with Gasteiger partial charge in [0.15, 0.2) is 0 Å². The van der Waals surface area contributed by atoms with Gasteiger partial charge >= 0.3 is 0 Å². The molecule has 1 heterocycles. The zero-order valence-electron chi connectivity index (χ0n) is 20.3. The number of hydrogen-bond donors (Lipinski definition) is 3. The standard InChI is InChI=1S/C17H23N3O2.C6H10F2.C2H7N/c1-22-17(7-8-17)14-4-2-3-13(16(14)19)15(18)12-5-9-20(11-21)10-6-12;7-6(8)4-2-1-3-5-6;1-3-2/h2-4,11-12,18H,5-10,19H2,1H3;1-5H2;3H,1-2H3. The first-order valence-electron chi connectivity index (χ1n) is 11.9. The smallest absolute Gasteiger partial charge is 0.248 e. The van der Waals surface area contributed by atoms with Gasteiger partial charge in [0.05, 0.1) is 5.60 Å². The van der Waals surface area contributed by atoms with Crippen molar-refractivity contribution in [3.05, 3.63) is 29.3 Å². The highest BCUT2D eigenvalue weighted by Crippen LogP contribution is 2.51. The fraction of sp³-hybridized carbons (Fsp3) is 0.680. The Hall–Kier alpha value is -2.06. The Morgan fingerprint density at radius 2 is 1.73 bits per heavy atom. The molecule has 0 atom stereocenters. The van der Waals surface area contributed by atoms with E-state index >= 15 is 0 Å². The third kappa shape index (κ3) is 7.47. The summed E-state index contributed by atoms with van der Waals surface area (Å²) in [6.45, 7) is 1.44. The molecule has 1 aliphatic heterocycles. The number of rotatable bonds is 5. The summed E-state index contributed by atoms with van der Waals surface area (Å²) in [4.78, 5) is 12.6. The third-order valence-corrected chi connectivity index (χ3v) is 6.65. The highest BCUT2D eigenvalue weighted by molar-refractivity contribution is 6.04. The normalized spacial score (nSPS) is 21.1. The molecule has 0 unspecified atom stereocenters. The number of para-hydroxylation sites is 1. The quantitative estimate of drug-likeness (QED) is 0.337. The lowest BCUT2D eigenvalue weighted by Gasteiger charge is -2.30. The number of methoxy groups -OCH3 is 1. The van der Waals surface area contributed by atoms with Gasteiger partial charge in [0.2, 0.25) is 12.3 Å². The maximum absolute atomic E-state index is 12.2. The number of benzene rings is 1. The van der Waals surface area contributed by atoms with Crippen molar-refractivity contribution in [3.63, 3.8) is 0 Å². The summed E-state index contributed by atoms with van der Waals surface area (Å²) in [5, 5.41) is 11.3. The molecule has 1 aromatic rings. The van der Waals surface area contributed by atoms with Crippen LogP contribution in [0.4, 0.5) is 14.5 Å². The Balaban J connectivity index is 0.000000291. The number of nitrogen functional groups attached to an aromatic ring is 1. The maximum atomic E-state index is 12.2. The van der Waals surface area contributed by atoms with Crippen LogP contribution in [-0.4, -0.2) is 57.2 Å². The first-order chi connectivity index (χ1) is 15.7. The van der Waals surface area contributed by atoms with Crippen LogP contribution in [0.5, 0.6) is 0 Å². The molecule has 186 valence electrons. The minimum absolute atomic E-state index is 0.118. The van der Waals surface area contributed by atoms with E-state index in [0.717, 1.165) is 62.7 Å². The van der Waals surface area contributed by atoms with E-state index in [9.17, 15) is 13.6 Å². The van der Waals surface area contributed by atoms with E-state index in [4.69, 9.17) is 15.9 Å². The summed E-state index contributed by atoms with van der Waals surface area (Å²) in [5.41, 5.74) is 9.24. The van der Waals surface area contributed by atoms with Gasteiger partial charge in [-0.25, -0.2) is 8.78 Å². The number of anilines is 1. The van der Waals surface area contributed by atoms with Crippen LogP contribution in [0.25, 0.3) is 0 Å². The van der Waals surface area contributed by atoms with Crippen LogP contribution in [0.1, 0.15) is 68.9 Å². The van der Waals surface area contributed by atoms with Gasteiger partial charge in [-0.3, -0.25) is 4.79 Å². The molecule has 0 spiro atoms. The first-order valence-corrected chi connectivity index (χ1v) is 11.9. The van der Waals surface area contributed by atoms with Crippen LogP contribution in [0, 0.1) is 11.3 Å². The second-order valence-corrected chi connectivity index (χ2v) is 9.21. The molecule has 0 bridgehead atoms. The zero-order chi connectivity index (χ0) is 24.5. The van der Waals surface area contributed by atoms with E-state index in [-0.39, 0.29) is 24.4 Å². The summed E-state index contributed by atoms with van der Waals surface area (Å²) in [7, 11) is 5.47. The number of nitrogens with zero attached hydrogens (tertiary/aromatic N) is 1. The summed E-state index contributed by atoms with van der Waals surface area (Å²) in [6.07, 6.45) is 7.19. The second-order valence-electron chi connectivity index (χ2n) is 9.21. The van der Waals surface area contributed by atoms with Crippen molar-refractivity contribution in [1.82, 2.24) is 10.2 Å². The summed E-state index contributed by atoms with van der Waals surface area (Å²) in [5.74, 6) is -2.15. The lowest BCUT2D eigenvalue weighted by atomic mass is 9.86. The molecule has 2 saturated carbocycles. The van der Waals surface area contributed by atoms with Crippen molar-refractivity contribution >= 4 is 17.8 Å². The number of nitrogens with two attached hydrogens (primary N) is 1. The lowest BCUT2D eigenvalue weighted by Crippen LogP contribution is -2.35. The maximum Gasteiger partial charge on any atom is 0.248 e. The Morgan fingerprint density at radius 3 is 2.15 bits per heavy atom. The number of halogens is 2. The average molecular weight is 467 g/mol. The van der Waals surface area contributed by atoms with Crippen LogP contribution in [-0.2, 0) is 15.1 Å². The van der Waals surface area contributed by atoms with Gasteiger partial charge in [0.25, 0.3) is 0 Å². The predicted molar refractivity (Wildman–Crippen MR) is 129 cm³/mol. The summed E-state index contributed by atoms with van der Waals surface area (Å²) < 4.78 is 30.0. The van der Waals surface area contributed by atoms with Crippen molar-refractivity contribution in [2.75, 3.05) is 40.0 Å². The average Bonchev–Trinajstić information content (AvgIpc) is 3.61. The van der Waals surface area contributed by atoms with E-state index in [0.29, 0.717) is 24.2 Å². The highest BCUT2D eigenvalue weighted by Gasteiger charge is 2.46. The summed E-state index contributed by atoms with van der Waals surface area (Å²) >= 11 is 0. The largest absolute Gasteiger partial charge is 0.398 e. The molecular formula is C25H40F2N4O2. The number of nitrogens with one attached hydrogen (secondary N) is 2. The van der Waals surface area contributed by atoms with Crippen molar-refractivity contribution in [2.24, 2.45) is 5.92 Å². The molecule has 8 heteroatoms. The van der Waals surface area contributed by atoms with Crippen LogP contribution >= 0.6 is 0 Å². The van der Waals surface area contributed by atoms with Gasteiger partial charge in [-0.05, 0) is 52.6 Å². The Bertz CT molecular complexity index is 768. The highest BCUT2D eigenvalue weighted by atomic mass is 19.3. The van der Waals surface area contributed by atoms with Crippen LogP contribution < -0.4 is 11.1 Å². The zero-order valence-corrected chi connectivity index (χ0v) is 20.3. The molecule has 1 saturated heterocycles. The molecule has 1 aromatic carbocycles. The van der Waals surface area contributed by atoms with Crippen molar-refractivity contribution < 1.29 is 18.3 Å². The molecule has 0 radical (unpaired) electrons. The third-order valence-electron chi connectivity index (χ3n) is 6.65. The van der Waals surface area contributed by atoms with Crippen molar-refractivity contribution in [2.45, 2.75) is 69.3 Å². The van der Waals surface area contributed by atoms with E-state index in [1.54, 1.807) is 12.0 Å². The Labute approximate surface area is 196 Å². The minimum Gasteiger partial charge on any atom is -0.398 e. The lowest BCUT2D eigenvalue weighted by molar-refractivity contribution is -0.119. The fourth-order valence-electron chi connectivity index (χ4n) is 4.48. The Kier molecular flexibility index (Phi) is 10.2. The first kappa shape index (κ1) is 27.2. The number of carbonyl (C=O) groups is 1. The number of amides is 1. The summed E-state index contributed by atoms with van der Waals surface area (Å²) in [6, 6.07) is 5.91. The number of carbonyl (C=O) groups excluding carboxylic acids is 1. The number of piperidine rings is 1. The molecule has 4 rings (SSSR count). The van der Waals surface area contributed by atoms with Gasteiger partial charge in [-0.1, -0.05) is 24.6 Å². The molecule has 3 fully saturated rings. The van der Waals surface area contributed by atoms with Crippen LogP contribution in [0.3, 0.4) is 0 Å². The molecule has 1 amide bonds. The van der Waals surface area contributed by atoms with Gasteiger partial charge in [0.1, 0.15) is 0 Å². The van der Waals surface area contributed by atoms with Crippen LogP contribution in [0.15, 0.2) is 18.2 Å². The molecule has 6 nitrogen and oxygen atoms in total. The minimum atomic E-state index is -2.32.